The van der Waals surface area contributed by atoms with Crippen LogP contribution in [-0.2, 0) is 28.6 Å². The van der Waals surface area contributed by atoms with Gasteiger partial charge in [-0.3, -0.25) is 14.4 Å². The largest absolute Gasteiger partial charge is 0.462 e. The second-order valence-electron chi connectivity index (χ2n) is 22.7. The molecule has 0 aromatic rings. The van der Waals surface area contributed by atoms with Gasteiger partial charge in [-0.1, -0.05) is 313 Å². The number of rotatable bonds is 62. The van der Waals surface area contributed by atoms with Crippen LogP contribution < -0.4 is 0 Å². The zero-order valence-electron chi connectivity index (χ0n) is 51.5. The highest BCUT2D eigenvalue weighted by molar-refractivity contribution is 5.71. The second kappa shape index (κ2) is 65.6. The van der Waals surface area contributed by atoms with Crippen molar-refractivity contribution in [3.8, 4) is 0 Å². The van der Waals surface area contributed by atoms with Crippen LogP contribution in [0.2, 0.25) is 0 Å². The van der Waals surface area contributed by atoms with E-state index < -0.39 is 6.10 Å². The maximum absolute atomic E-state index is 12.9. The maximum atomic E-state index is 12.9. The Morgan fingerprint density at radius 1 is 0.273 bits per heavy atom. The molecule has 0 bridgehead atoms. The quantitative estimate of drug-likeness (QED) is 0.0261. The summed E-state index contributed by atoms with van der Waals surface area (Å²) in [5.41, 5.74) is 0. The number of esters is 3. The van der Waals surface area contributed by atoms with E-state index in [1.807, 2.05) is 0 Å². The number of carbonyl (C=O) groups excluding carboxylic acids is 3. The molecule has 0 aliphatic carbocycles. The predicted octanol–water partition coefficient (Wildman–Crippen LogP) is 23.1. The molecule has 0 aromatic carbocycles. The van der Waals surface area contributed by atoms with Crippen LogP contribution >= 0.6 is 0 Å². The molecule has 0 N–H and O–H groups in total. The lowest BCUT2D eigenvalue weighted by atomic mass is 10.0. The molecule has 1 unspecified atom stereocenters. The number of unbranched alkanes of at least 4 members (excludes halogenated alkanes) is 41. The number of carbonyl (C=O) groups is 3. The van der Waals surface area contributed by atoms with Crippen molar-refractivity contribution in [3.05, 3.63) is 60.8 Å². The van der Waals surface area contributed by atoms with Crippen LogP contribution in [0.5, 0.6) is 0 Å². The second-order valence-corrected chi connectivity index (χ2v) is 22.7. The van der Waals surface area contributed by atoms with Crippen molar-refractivity contribution in [2.75, 3.05) is 13.2 Å². The van der Waals surface area contributed by atoms with Crippen LogP contribution in [-0.4, -0.2) is 37.2 Å². The lowest BCUT2D eigenvalue weighted by Gasteiger charge is -2.18. The summed E-state index contributed by atoms with van der Waals surface area (Å²) in [6.45, 7) is 6.55. The molecule has 0 aliphatic rings. The highest BCUT2D eigenvalue weighted by atomic mass is 16.6. The molecule has 0 saturated carbocycles. The van der Waals surface area contributed by atoms with Gasteiger partial charge >= 0.3 is 17.9 Å². The molecule has 448 valence electrons. The van der Waals surface area contributed by atoms with E-state index in [1.165, 1.54) is 212 Å². The molecule has 0 heterocycles. The molecule has 6 heteroatoms. The van der Waals surface area contributed by atoms with Gasteiger partial charge in [0.2, 0.25) is 0 Å². The summed E-state index contributed by atoms with van der Waals surface area (Å²) in [6.07, 6.45) is 83.9. The van der Waals surface area contributed by atoms with Gasteiger partial charge < -0.3 is 14.2 Å². The van der Waals surface area contributed by atoms with E-state index in [0.29, 0.717) is 19.3 Å². The fourth-order valence-corrected chi connectivity index (χ4v) is 9.96. The normalized spacial score (nSPS) is 12.4. The minimum atomic E-state index is -0.785. The highest BCUT2D eigenvalue weighted by Crippen LogP contribution is 2.18. The molecule has 0 spiro atoms. The van der Waals surface area contributed by atoms with Crippen LogP contribution in [0.15, 0.2) is 60.8 Å². The van der Waals surface area contributed by atoms with Crippen molar-refractivity contribution in [3.63, 3.8) is 0 Å². The number of hydrogen-bond donors (Lipinski definition) is 0. The third-order valence-electron chi connectivity index (χ3n) is 15.0. The average molecular weight is 1080 g/mol. The van der Waals surface area contributed by atoms with Crippen LogP contribution in [0.25, 0.3) is 0 Å². The number of ether oxygens (including phenoxy) is 3. The van der Waals surface area contributed by atoms with E-state index in [4.69, 9.17) is 14.2 Å². The lowest BCUT2D eigenvalue weighted by Crippen LogP contribution is -2.30. The molecule has 0 saturated heterocycles. The Hall–Kier alpha value is -2.89. The van der Waals surface area contributed by atoms with Crippen molar-refractivity contribution in [2.24, 2.45) is 0 Å². The molecule has 0 aromatic heterocycles. The van der Waals surface area contributed by atoms with Gasteiger partial charge in [0.1, 0.15) is 13.2 Å². The molecular weight excluding hydrogens is 949 g/mol. The van der Waals surface area contributed by atoms with Gasteiger partial charge in [-0.05, 0) is 83.5 Å². The van der Waals surface area contributed by atoms with Crippen LogP contribution in [0.4, 0.5) is 0 Å². The third-order valence-corrected chi connectivity index (χ3v) is 15.0. The number of allylic oxidation sites excluding steroid dienone is 10. The van der Waals surface area contributed by atoms with E-state index in [9.17, 15) is 14.4 Å². The zero-order valence-corrected chi connectivity index (χ0v) is 51.5. The first-order valence-corrected chi connectivity index (χ1v) is 33.8. The topological polar surface area (TPSA) is 78.9 Å². The number of hydrogen-bond acceptors (Lipinski definition) is 6. The molecule has 0 fully saturated rings. The minimum absolute atomic E-state index is 0.0795. The summed E-state index contributed by atoms with van der Waals surface area (Å²) >= 11 is 0. The maximum Gasteiger partial charge on any atom is 0.306 e. The van der Waals surface area contributed by atoms with Gasteiger partial charge in [0.25, 0.3) is 0 Å². The summed E-state index contributed by atoms with van der Waals surface area (Å²) in [5, 5.41) is 0. The van der Waals surface area contributed by atoms with Gasteiger partial charge in [0.15, 0.2) is 6.10 Å². The summed E-state index contributed by atoms with van der Waals surface area (Å²) in [4.78, 5) is 38.3. The van der Waals surface area contributed by atoms with Crippen molar-refractivity contribution in [1.82, 2.24) is 0 Å². The Balaban J connectivity index is 4.24. The van der Waals surface area contributed by atoms with Gasteiger partial charge in [-0.2, -0.15) is 0 Å². The minimum Gasteiger partial charge on any atom is -0.462 e. The fraction of sp³-hybridized carbons (Fsp3) is 0.817. The summed E-state index contributed by atoms with van der Waals surface area (Å²) in [7, 11) is 0. The predicted molar refractivity (Wildman–Crippen MR) is 335 cm³/mol. The van der Waals surface area contributed by atoms with Crippen LogP contribution in [0.1, 0.15) is 355 Å². The average Bonchev–Trinajstić information content (AvgIpc) is 3.43. The molecule has 6 nitrogen and oxygen atoms in total. The van der Waals surface area contributed by atoms with Crippen molar-refractivity contribution in [2.45, 2.75) is 361 Å². The Bertz CT molecular complexity index is 1380. The Kier molecular flexibility index (Phi) is 63.2. The molecule has 1 atom stereocenters. The molecule has 0 aliphatic heterocycles. The van der Waals surface area contributed by atoms with Crippen molar-refractivity contribution in [1.29, 1.82) is 0 Å². The first-order valence-electron chi connectivity index (χ1n) is 33.8. The highest BCUT2D eigenvalue weighted by Gasteiger charge is 2.19. The Morgan fingerprint density at radius 2 is 0.506 bits per heavy atom. The van der Waals surface area contributed by atoms with E-state index in [0.717, 1.165) is 103 Å². The Morgan fingerprint density at radius 3 is 0.818 bits per heavy atom. The monoisotopic (exact) mass is 1080 g/mol. The first kappa shape index (κ1) is 74.1. The fourth-order valence-electron chi connectivity index (χ4n) is 9.96. The van der Waals surface area contributed by atoms with Gasteiger partial charge in [0, 0.05) is 19.3 Å². The van der Waals surface area contributed by atoms with Gasteiger partial charge in [-0.25, -0.2) is 0 Å². The molecule has 77 heavy (non-hydrogen) atoms. The van der Waals surface area contributed by atoms with Gasteiger partial charge in [0.05, 0.1) is 0 Å². The molecular formula is C71H128O6. The van der Waals surface area contributed by atoms with Gasteiger partial charge in [-0.15, -0.1) is 0 Å². The van der Waals surface area contributed by atoms with E-state index >= 15 is 0 Å². The molecule has 0 rings (SSSR count). The third kappa shape index (κ3) is 63.8. The zero-order chi connectivity index (χ0) is 55.7. The van der Waals surface area contributed by atoms with Crippen molar-refractivity contribution < 1.29 is 28.6 Å². The molecule has 0 amide bonds. The summed E-state index contributed by atoms with van der Waals surface area (Å²) in [6, 6.07) is 0. The smallest absolute Gasteiger partial charge is 0.306 e. The van der Waals surface area contributed by atoms with E-state index in [1.54, 1.807) is 0 Å². The van der Waals surface area contributed by atoms with E-state index in [-0.39, 0.29) is 31.1 Å². The summed E-state index contributed by atoms with van der Waals surface area (Å²) in [5.74, 6) is -0.883. The lowest BCUT2D eigenvalue weighted by molar-refractivity contribution is -0.167. The van der Waals surface area contributed by atoms with Crippen LogP contribution in [0, 0.1) is 0 Å². The van der Waals surface area contributed by atoms with E-state index in [2.05, 4.69) is 81.5 Å². The standard InChI is InChI=1S/C71H128O6/c1-4-7-10-13-16-19-22-25-27-29-31-32-33-34-35-36-37-38-40-41-43-46-49-52-55-58-61-64-70(73)76-67-68(66-75-69(72)63-60-57-54-51-48-45-24-21-18-15-12-9-6-3)77-71(74)65-62-59-56-53-50-47-44-42-39-30-28-26-23-20-17-14-11-8-5-2/h8,11,17,20-21,24,26,28,39,42,68H,4-7,9-10,12-16,18-19,22-23,25,27,29-38,40-41,43-67H2,1-3H3/b11-8-,20-17-,24-21-,28-26-,42-39-. The van der Waals surface area contributed by atoms with Crippen molar-refractivity contribution >= 4 is 17.9 Å². The molecule has 0 radical (unpaired) electrons. The van der Waals surface area contributed by atoms with Crippen LogP contribution in [0.3, 0.4) is 0 Å². The first-order chi connectivity index (χ1) is 38.0. The Labute approximate surface area is 479 Å². The SMILES string of the molecule is CC/C=C\C/C=C\C/C=C\C/C=C\CCCCCCCCC(=O)OC(COC(=O)CCCCCCC/C=C\CCCCCC)COC(=O)CCCCCCCCCCCCCCCCCCCCCCCCCCCCC. The summed E-state index contributed by atoms with van der Waals surface area (Å²) < 4.78 is 16.9.